The summed E-state index contributed by atoms with van der Waals surface area (Å²) in [5.74, 6) is 0.462. The number of rotatable bonds is 10. The summed E-state index contributed by atoms with van der Waals surface area (Å²) in [5.41, 5.74) is 1.31. The van der Waals surface area contributed by atoms with Gasteiger partial charge in [0.1, 0.15) is 0 Å². The zero-order valence-corrected chi connectivity index (χ0v) is 20.7. The fraction of sp³-hybridized carbons (Fsp3) is 0.440. The molecule has 8 nitrogen and oxygen atoms in total. The van der Waals surface area contributed by atoms with Gasteiger partial charge in [-0.2, -0.15) is 0 Å². The number of hydrogen-bond donors (Lipinski definition) is 1. The SMILES string of the molecule is COCCCNC(=O)[C@@H]1CN(C(=O)c2cccc(Cl)c2)C[C@H]1c1cc(OC)c(OC)c(OC)c1. The second-order valence-corrected chi connectivity index (χ2v) is 8.47. The number of hydrogen-bond acceptors (Lipinski definition) is 6. The molecular formula is C25H31ClN2O6. The Balaban J connectivity index is 1.93. The van der Waals surface area contributed by atoms with E-state index in [2.05, 4.69) is 5.32 Å². The van der Waals surface area contributed by atoms with Gasteiger partial charge in [-0.1, -0.05) is 17.7 Å². The van der Waals surface area contributed by atoms with Crippen LogP contribution in [0.2, 0.25) is 5.02 Å². The van der Waals surface area contributed by atoms with Gasteiger partial charge in [0.15, 0.2) is 11.5 Å². The number of nitrogens with one attached hydrogen (secondary N) is 1. The van der Waals surface area contributed by atoms with Gasteiger partial charge in [-0.15, -0.1) is 0 Å². The van der Waals surface area contributed by atoms with Crippen molar-refractivity contribution in [3.8, 4) is 17.2 Å². The van der Waals surface area contributed by atoms with Crippen molar-refractivity contribution in [2.75, 3.05) is 54.7 Å². The van der Waals surface area contributed by atoms with Crippen molar-refractivity contribution in [3.63, 3.8) is 0 Å². The van der Waals surface area contributed by atoms with Gasteiger partial charge >= 0.3 is 0 Å². The minimum absolute atomic E-state index is 0.115. The number of halogens is 1. The number of carbonyl (C=O) groups excluding carboxylic acids is 2. The average Bonchev–Trinajstić information content (AvgIpc) is 3.30. The standard InChI is InChI=1S/C25H31ClN2O6/c1-31-10-6-9-27-24(29)20-15-28(25(30)16-7-5-8-18(26)11-16)14-19(20)17-12-21(32-2)23(34-4)22(13-17)33-3/h5,7-8,11-13,19-20H,6,9-10,14-15H2,1-4H3,(H,27,29)/t19-,20+/m0/s1. The van der Waals surface area contributed by atoms with E-state index in [9.17, 15) is 9.59 Å². The highest BCUT2D eigenvalue weighted by Crippen LogP contribution is 2.43. The zero-order chi connectivity index (χ0) is 24.7. The van der Waals surface area contributed by atoms with E-state index in [-0.39, 0.29) is 24.3 Å². The van der Waals surface area contributed by atoms with Gasteiger partial charge in [0, 0.05) is 49.9 Å². The monoisotopic (exact) mass is 490 g/mol. The molecule has 0 saturated carbocycles. The molecule has 9 heteroatoms. The number of amides is 2. The summed E-state index contributed by atoms with van der Waals surface area (Å²) >= 11 is 6.09. The van der Waals surface area contributed by atoms with Crippen LogP contribution in [0.4, 0.5) is 0 Å². The predicted octanol–water partition coefficient (Wildman–Crippen LogP) is 3.37. The molecule has 1 heterocycles. The number of likely N-dealkylation sites (tertiary alicyclic amines) is 1. The highest BCUT2D eigenvalue weighted by Gasteiger charge is 2.41. The Bertz CT molecular complexity index is 990. The van der Waals surface area contributed by atoms with Crippen LogP contribution in [0.1, 0.15) is 28.3 Å². The summed E-state index contributed by atoms with van der Waals surface area (Å²) in [6.45, 7) is 1.69. The van der Waals surface area contributed by atoms with Gasteiger partial charge in [0.05, 0.1) is 27.2 Å². The van der Waals surface area contributed by atoms with Crippen LogP contribution < -0.4 is 19.5 Å². The van der Waals surface area contributed by atoms with Crippen molar-refractivity contribution in [3.05, 3.63) is 52.5 Å². The van der Waals surface area contributed by atoms with E-state index in [0.29, 0.717) is 54.0 Å². The molecule has 3 rings (SSSR count). The van der Waals surface area contributed by atoms with E-state index in [1.54, 1.807) is 50.5 Å². The van der Waals surface area contributed by atoms with Crippen molar-refractivity contribution >= 4 is 23.4 Å². The Morgan fingerprint density at radius 2 is 1.74 bits per heavy atom. The van der Waals surface area contributed by atoms with Crippen LogP contribution in [-0.2, 0) is 9.53 Å². The van der Waals surface area contributed by atoms with Crippen LogP contribution in [-0.4, -0.2) is 71.4 Å². The molecule has 1 fully saturated rings. The average molecular weight is 491 g/mol. The first-order valence-corrected chi connectivity index (χ1v) is 11.4. The number of nitrogens with zero attached hydrogens (tertiary/aromatic N) is 1. The summed E-state index contributed by atoms with van der Waals surface area (Å²) in [5, 5.41) is 3.47. The number of carbonyl (C=O) groups is 2. The molecule has 2 amide bonds. The van der Waals surface area contributed by atoms with Crippen molar-refractivity contribution in [1.29, 1.82) is 0 Å². The number of ether oxygens (including phenoxy) is 4. The van der Waals surface area contributed by atoms with Gasteiger partial charge in [-0.3, -0.25) is 9.59 Å². The third-order valence-electron chi connectivity index (χ3n) is 5.96. The second kappa shape index (κ2) is 11.9. The van der Waals surface area contributed by atoms with E-state index in [1.165, 1.54) is 7.11 Å². The Morgan fingerprint density at radius 3 is 2.32 bits per heavy atom. The van der Waals surface area contributed by atoms with Gasteiger partial charge in [-0.25, -0.2) is 0 Å². The molecule has 1 aliphatic rings. The number of benzene rings is 2. The largest absolute Gasteiger partial charge is 0.493 e. The van der Waals surface area contributed by atoms with Gasteiger partial charge in [0.25, 0.3) is 5.91 Å². The van der Waals surface area contributed by atoms with Crippen LogP contribution in [0.25, 0.3) is 0 Å². The highest BCUT2D eigenvalue weighted by atomic mass is 35.5. The van der Waals surface area contributed by atoms with E-state index in [1.807, 2.05) is 12.1 Å². The molecule has 0 unspecified atom stereocenters. The smallest absolute Gasteiger partial charge is 0.253 e. The quantitative estimate of drug-likeness (QED) is 0.514. The molecule has 1 aliphatic heterocycles. The Labute approximate surface area is 205 Å². The van der Waals surface area contributed by atoms with Crippen LogP contribution in [0.5, 0.6) is 17.2 Å². The number of methoxy groups -OCH3 is 4. The lowest BCUT2D eigenvalue weighted by Gasteiger charge is -2.21. The molecule has 2 aromatic carbocycles. The van der Waals surface area contributed by atoms with Crippen LogP contribution in [0.15, 0.2) is 36.4 Å². The summed E-state index contributed by atoms with van der Waals surface area (Å²) in [6.07, 6.45) is 0.703. The Morgan fingerprint density at radius 1 is 1.03 bits per heavy atom. The lowest BCUT2D eigenvalue weighted by atomic mass is 9.88. The molecule has 2 aromatic rings. The second-order valence-electron chi connectivity index (χ2n) is 8.03. The molecule has 0 bridgehead atoms. The van der Waals surface area contributed by atoms with Gasteiger partial charge in [0.2, 0.25) is 11.7 Å². The molecule has 1 saturated heterocycles. The minimum Gasteiger partial charge on any atom is -0.493 e. The van der Waals surface area contributed by atoms with E-state index < -0.39 is 5.92 Å². The van der Waals surface area contributed by atoms with Crippen LogP contribution in [0, 0.1) is 5.92 Å². The van der Waals surface area contributed by atoms with Crippen LogP contribution in [0.3, 0.4) is 0 Å². The van der Waals surface area contributed by atoms with Crippen LogP contribution >= 0.6 is 11.6 Å². The Kier molecular flexibility index (Phi) is 9.01. The normalized spacial score (nSPS) is 17.4. The molecule has 0 aromatic heterocycles. The summed E-state index contributed by atoms with van der Waals surface area (Å²) in [6, 6.07) is 10.5. The first-order valence-electron chi connectivity index (χ1n) is 11.0. The topological polar surface area (TPSA) is 86.3 Å². The fourth-order valence-corrected chi connectivity index (χ4v) is 4.44. The van der Waals surface area contributed by atoms with E-state index in [4.69, 9.17) is 30.5 Å². The van der Waals surface area contributed by atoms with Gasteiger partial charge in [-0.05, 0) is 42.3 Å². The minimum atomic E-state index is -0.450. The maximum Gasteiger partial charge on any atom is 0.253 e. The van der Waals surface area contributed by atoms with Crippen molar-refractivity contribution in [1.82, 2.24) is 10.2 Å². The lowest BCUT2D eigenvalue weighted by molar-refractivity contribution is -0.125. The molecule has 34 heavy (non-hydrogen) atoms. The molecule has 1 N–H and O–H groups in total. The molecule has 0 spiro atoms. The van der Waals surface area contributed by atoms with Gasteiger partial charge < -0.3 is 29.2 Å². The zero-order valence-electron chi connectivity index (χ0n) is 19.9. The molecule has 2 atom stereocenters. The van der Waals surface area contributed by atoms with Crippen molar-refractivity contribution in [2.45, 2.75) is 12.3 Å². The van der Waals surface area contributed by atoms with Crippen molar-refractivity contribution in [2.24, 2.45) is 5.92 Å². The third-order valence-corrected chi connectivity index (χ3v) is 6.19. The van der Waals surface area contributed by atoms with Crippen molar-refractivity contribution < 1.29 is 28.5 Å². The summed E-state index contributed by atoms with van der Waals surface area (Å²) in [4.78, 5) is 28.1. The Hall–Kier alpha value is -2.97. The molecule has 184 valence electrons. The molecule has 0 radical (unpaired) electrons. The third kappa shape index (κ3) is 5.74. The highest BCUT2D eigenvalue weighted by molar-refractivity contribution is 6.30. The van der Waals surface area contributed by atoms with E-state index >= 15 is 0 Å². The maximum atomic E-state index is 13.2. The fourth-order valence-electron chi connectivity index (χ4n) is 4.25. The first kappa shape index (κ1) is 25.6. The molecular weight excluding hydrogens is 460 g/mol. The summed E-state index contributed by atoms with van der Waals surface area (Å²) < 4.78 is 21.5. The van der Waals surface area contributed by atoms with E-state index in [0.717, 1.165) is 5.56 Å². The molecule has 0 aliphatic carbocycles. The maximum absolute atomic E-state index is 13.2. The lowest BCUT2D eigenvalue weighted by Crippen LogP contribution is -2.36. The first-order chi connectivity index (χ1) is 16.4. The summed E-state index contributed by atoms with van der Waals surface area (Å²) in [7, 11) is 6.26. The predicted molar refractivity (Wildman–Crippen MR) is 129 cm³/mol.